The van der Waals surface area contributed by atoms with Crippen LogP contribution in [0.4, 0.5) is 11.4 Å². The Morgan fingerprint density at radius 1 is 1.06 bits per heavy atom. The number of fused-ring (bicyclic) bond motifs is 1. The van der Waals surface area contributed by atoms with Crippen LogP contribution in [0, 0.1) is 0 Å². The number of aromatic amines is 1. The first-order valence-electron chi connectivity index (χ1n) is 9.68. The maximum Gasteiger partial charge on any atom is 0.249 e. The van der Waals surface area contributed by atoms with Gasteiger partial charge >= 0.3 is 0 Å². The number of nitrogens with one attached hydrogen (secondary N) is 2. The van der Waals surface area contributed by atoms with Crippen molar-refractivity contribution in [2.45, 2.75) is 6.42 Å². The lowest BCUT2D eigenvalue weighted by molar-refractivity contribution is -0.115. The van der Waals surface area contributed by atoms with Gasteiger partial charge < -0.3 is 21.8 Å². The second-order valence-corrected chi connectivity index (χ2v) is 7.12. The fourth-order valence-electron chi connectivity index (χ4n) is 3.38. The lowest BCUT2D eigenvalue weighted by Crippen LogP contribution is -2.14. The molecule has 7 nitrogen and oxygen atoms in total. The first-order chi connectivity index (χ1) is 15.0. The lowest BCUT2D eigenvalue weighted by Gasteiger charge is -2.07. The molecular formula is C24H21N5O2. The van der Waals surface area contributed by atoms with E-state index in [-0.39, 0.29) is 12.3 Å². The van der Waals surface area contributed by atoms with E-state index >= 15 is 0 Å². The summed E-state index contributed by atoms with van der Waals surface area (Å²) in [6.07, 6.45) is 5.25. The molecule has 154 valence electrons. The molecule has 0 atom stereocenters. The van der Waals surface area contributed by atoms with Gasteiger partial charge in [0.15, 0.2) is 0 Å². The molecule has 7 heteroatoms. The molecule has 0 unspecified atom stereocenters. The minimum atomic E-state index is -0.528. The molecule has 0 bridgehead atoms. The largest absolute Gasteiger partial charge is 0.399 e. The highest BCUT2D eigenvalue weighted by Crippen LogP contribution is 2.25. The third-order valence-corrected chi connectivity index (χ3v) is 4.81. The first-order valence-corrected chi connectivity index (χ1v) is 9.68. The summed E-state index contributed by atoms with van der Waals surface area (Å²) in [5.41, 5.74) is 15.9. The fraction of sp³-hybridized carbons (Fsp3) is 0.0417. The summed E-state index contributed by atoms with van der Waals surface area (Å²) in [5, 5.41) is 3.62. The van der Waals surface area contributed by atoms with Gasteiger partial charge in [-0.05, 0) is 35.4 Å². The number of H-pyrrole nitrogens is 1. The summed E-state index contributed by atoms with van der Waals surface area (Å²) in [6, 6.07) is 18.2. The number of primary amides is 1. The van der Waals surface area contributed by atoms with Crippen LogP contribution < -0.4 is 16.8 Å². The van der Waals surface area contributed by atoms with Crippen molar-refractivity contribution in [3.8, 4) is 0 Å². The van der Waals surface area contributed by atoms with Crippen LogP contribution >= 0.6 is 0 Å². The van der Waals surface area contributed by atoms with E-state index in [2.05, 4.69) is 15.3 Å². The predicted octanol–water partition coefficient (Wildman–Crippen LogP) is 3.35. The summed E-state index contributed by atoms with van der Waals surface area (Å²) >= 11 is 0. The van der Waals surface area contributed by atoms with E-state index in [1.807, 2.05) is 48.5 Å². The van der Waals surface area contributed by atoms with Crippen LogP contribution in [0.1, 0.15) is 16.7 Å². The van der Waals surface area contributed by atoms with Gasteiger partial charge in [-0.3, -0.25) is 9.59 Å². The van der Waals surface area contributed by atoms with Gasteiger partial charge in [-0.15, -0.1) is 0 Å². The Kier molecular flexibility index (Phi) is 5.49. The molecule has 6 N–H and O–H groups in total. The summed E-state index contributed by atoms with van der Waals surface area (Å²) < 4.78 is 0. The molecule has 2 amide bonds. The number of nitrogen functional groups attached to an aromatic ring is 1. The van der Waals surface area contributed by atoms with Crippen molar-refractivity contribution in [2.75, 3.05) is 11.1 Å². The van der Waals surface area contributed by atoms with Gasteiger partial charge in [0.1, 0.15) is 5.65 Å². The third-order valence-electron chi connectivity index (χ3n) is 4.81. The summed E-state index contributed by atoms with van der Waals surface area (Å²) in [4.78, 5) is 31.9. The smallest absolute Gasteiger partial charge is 0.249 e. The number of aromatic nitrogens is 2. The molecule has 0 saturated heterocycles. The van der Waals surface area contributed by atoms with Gasteiger partial charge in [0.25, 0.3) is 0 Å². The fourth-order valence-corrected chi connectivity index (χ4v) is 3.38. The number of carbonyl (C=O) groups is 2. The molecular weight excluding hydrogens is 390 g/mol. The molecule has 0 aliphatic heterocycles. The van der Waals surface area contributed by atoms with Crippen LogP contribution in [0.2, 0.25) is 0 Å². The maximum atomic E-state index is 12.4. The Labute approximate surface area is 178 Å². The second kappa shape index (κ2) is 8.54. The number of pyridine rings is 1. The van der Waals surface area contributed by atoms with Crippen LogP contribution in [0.15, 0.2) is 73.1 Å². The molecule has 2 heterocycles. The molecule has 0 saturated carbocycles. The van der Waals surface area contributed by atoms with Gasteiger partial charge in [-0.25, -0.2) is 4.98 Å². The van der Waals surface area contributed by atoms with Crippen molar-refractivity contribution in [3.05, 3.63) is 89.7 Å². The van der Waals surface area contributed by atoms with Crippen molar-refractivity contribution in [1.82, 2.24) is 9.97 Å². The Balaban J connectivity index is 1.61. The van der Waals surface area contributed by atoms with Gasteiger partial charge in [0.2, 0.25) is 11.8 Å². The molecule has 0 spiro atoms. The van der Waals surface area contributed by atoms with E-state index in [0.717, 1.165) is 22.1 Å². The number of amides is 2. The number of carbonyl (C=O) groups excluding carboxylic acids is 2. The molecule has 0 radical (unpaired) electrons. The van der Waals surface area contributed by atoms with Crippen molar-refractivity contribution < 1.29 is 9.59 Å². The predicted molar refractivity (Wildman–Crippen MR) is 123 cm³/mol. The number of hydrogen-bond acceptors (Lipinski definition) is 4. The topological polar surface area (TPSA) is 127 Å². The van der Waals surface area contributed by atoms with Crippen molar-refractivity contribution >= 4 is 45.9 Å². The van der Waals surface area contributed by atoms with Crippen LogP contribution in [-0.4, -0.2) is 21.8 Å². The van der Waals surface area contributed by atoms with Crippen LogP contribution in [0.25, 0.3) is 22.7 Å². The zero-order chi connectivity index (χ0) is 21.8. The van der Waals surface area contributed by atoms with E-state index in [1.54, 1.807) is 30.6 Å². The highest BCUT2D eigenvalue weighted by molar-refractivity contribution is 6.24. The molecule has 0 aliphatic rings. The average Bonchev–Trinajstić information content (AvgIpc) is 3.14. The highest BCUT2D eigenvalue weighted by Gasteiger charge is 2.12. The van der Waals surface area contributed by atoms with Crippen molar-refractivity contribution in [1.29, 1.82) is 0 Å². The number of rotatable bonds is 6. The Bertz CT molecular complexity index is 1290. The molecule has 2 aromatic carbocycles. The Hall–Kier alpha value is -4.39. The van der Waals surface area contributed by atoms with E-state index in [4.69, 9.17) is 11.5 Å². The highest BCUT2D eigenvalue weighted by atomic mass is 16.2. The molecule has 0 fully saturated rings. The standard InChI is InChI=1S/C24H21N5O2/c25-18-8-4-5-15(9-18)10-22(30)29-19-12-21-17(13-27-24(21)28-14-19)11-20(23(26)31)16-6-2-1-3-7-16/h1-9,11-14H,10,25H2,(H2,26,31)(H,27,28)(H,29,30). The normalized spacial score (nSPS) is 11.4. The Morgan fingerprint density at radius 3 is 2.61 bits per heavy atom. The monoisotopic (exact) mass is 411 g/mol. The number of anilines is 2. The molecule has 0 aliphatic carbocycles. The zero-order valence-electron chi connectivity index (χ0n) is 16.6. The SMILES string of the molecule is NC(=O)C(=Cc1c[nH]c2ncc(NC(=O)Cc3cccc(N)c3)cc12)c1ccccc1. The third kappa shape index (κ3) is 4.62. The zero-order valence-corrected chi connectivity index (χ0v) is 16.6. The van der Waals surface area contributed by atoms with Crippen LogP contribution in [0.3, 0.4) is 0 Å². The second-order valence-electron chi connectivity index (χ2n) is 7.12. The quantitative estimate of drug-likeness (QED) is 0.287. The van der Waals surface area contributed by atoms with Crippen molar-refractivity contribution in [2.24, 2.45) is 5.73 Å². The van der Waals surface area contributed by atoms with Crippen LogP contribution in [0.5, 0.6) is 0 Å². The van der Waals surface area contributed by atoms with E-state index < -0.39 is 5.91 Å². The van der Waals surface area contributed by atoms with E-state index in [0.29, 0.717) is 22.6 Å². The minimum absolute atomic E-state index is 0.179. The molecule has 2 aromatic heterocycles. The van der Waals surface area contributed by atoms with Crippen LogP contribution in [-0.2, 0) is 16.0 Å². The van der Waals surface area contributed by atoms with Gasteiger partial charge in [0, 0.05) is 28.4 Å². The van der Waals surface area contributed by atoms with Gasteiger partial charge in [0.05, 0.1) is 18.3 Å². The Morgan fingerprint density at radius 2 is 1.87 bits per heavy atom. The average molecular weight is 411 g/mol. The molecule has 4 aromatic rings. The lowest BCUT2D eigenvalue weighted by atomic mass is 10.0. The minimum Gasteiger partial charge on any atom is -0.399 e. The maximum absolute atomic E-state index is 12.4. The number of nitrogens with zero attached hydrogens (tertiary/aromatic N) is 1. The van der Waals surface area contributed by atoms with E-state index in [1.165, 1.54) is 0 Å². The number of hydrogen-bond donors (Lipinski definition) is 4. The first kappa shape index (κ1) is 19.9. The number of benzene rings is 2. The summed E-state index contributed by atoms with van der Waals surface area (Å²) in [6.45, 7) is 0. The summed E-state index contributed by atoms with van der Waals surface area (Å²) in [7, 11) is 0. The van der Waals surface area contributed by atoms with E-state index in [9.17, 15) is 9.59 Å². The van der Waals surface area contributed by atoms with Gasteiger partial charge in [-0.1, -0.05) is 42.5 Å². The number of nitrogens with two attached hydrogens (primary N) is 2. The molecule has 31 heavy (non-hydrogen) atoms. The molecule has 4 rings (SSSR count). The van der Waals surface area contributed by atoms with Crippen molar-refractivity contribution in [3.63, 3.8) is 0 Å². The van der Waals surface area contributed by atoms with Gasteiger partial charge in [-0.2, -0.15) is 0 Å². The summed E-state index contributed by atoms with van der Waals surface area (Å²) in [5.74, 6) is -0.707.